The molecule has 0 radical (unpaired) electrons. The number of hydrogen-bond acceptors (Lipinski definition) is 11. The van der Waals surface area contributed by atoms with Crippen LogP contribution in [0.5, 0.6) is 5.75 Å². The third-order valence-corrected chi connectivity index (χ3v) is 5.45. The Morgan fingerprint density at radius 1 is 1.07 bits per heavy atom. The van der Waals surface area contributed by atoms with Gasteiger partial charge in [-0.25, -0.2) is 27.9 Å². The van der Waals surface area contributed by atoms with Gasteiger partial charge in [-0.3, -0.25) is 0 Å². The number of aliphatic hydroxyl groups excluding tert-OH is 3. The van der Waals surface area contributed by atoms with Gasteiger partial charge < -0.3 is 35.6 Å². The molecule has 5 atom stereocenters. The summed E-state index contributed by atoms with van der Waals surface area (Å²) in [4.78, 5) is 18.6. The van der Waals surface area contributed by atoms with Crippen molar-refractivity contribution in [2.75, 3.05) is 10.5 Å². The normalized spacial score (nSPS) is 26.7. The number of ether oxygens (including phenoxy) is 2. The summed E-state index contributed by atoms with van der Waals surface area (Å²) in [6, 6.07) is 5.43. The van der Waals surface area contributed by atoms with Crippen molar-refractivity contribution in [3.63, 3.8) is 0 Å². The van der Waals surface area contributed by atoms with Crippen molar-refractivity contribution in [2.45, 2.75) is 35.6 Å². The lowest BCUT2D eigenvalue weighted by Crippen LogP contribution is -2.61. The maximum atomic E-state index is 12.3. The maximum Gasteiger partial charge on any atom is 0.335 e. The molecule has 2 aromatic rings. The predicted octanol–water partition coefficient (Wildman–Crippen LogP) is -1.87. The summed E-state index contributed by atoms with van der Waals surface area (Å²) in [6.45, 7) is 0. The molecule has 3 rings (SSSR count). The first kappa shape index (κ1) is 21.7. The summed E-state index contributed by atoms with van der Waals surface area (Å²) >= 11 is 0. The fourth-order valence-electron chi connectivity index (χ4n) is 2.54. The van der Waals surface area contributed by atoms with E-state index >= 15 is 0 Å². The summed E-state index contributed by atoms with van der Waals surface area (Å²) in [5.41, 5.74) is 5.91. The molecule has 0 bridgehead atoms. The second kappa shape index (κ2) is 8.37. The molecule has 162 valence electrons. The first-order valence-corrected chi connectivity index (χ1v) is 9.86. The fraction of sp³-hybridized carbons (Fsp3) is 0.312. The highest BCUT2D eigenvalue weighted by Crippen LogP contribution is 2.24. The number of carboxylic acid groups (broad SMARTS) is 1. The number of aliphatic hydroxyl groups is 3. The van der Waals surface area contributed by atoms with E-state index in [0.29, 0.717) is 5.69 Å². The zero-order chi connectivity index (χ0) is 22.1. The molecule has 1 aliphatic heterocycles. The molecule has 0 amide bonds. The molecule has 2 heterocycles. The average molecular weight is 442 g/mol. The molecule has 1 saturated heterocycles. The van der Waals surface area contributed by atoms with Crippen molar-refractivity contribution in [3.05, 3.63) is 36.7 Å². The van der Waals surface area contributed by atoms with Crippen LogP contribution in [0.1, 0.15) is 0 Å². The summed E-state index contributed by atoms with van der Waals surface area (Å²) in [5, 5.41) is 38.4. The minimum absolute atomic E-state index is 0.0633. The van der Waals surface area contributed by atoms with Crippen molar-refractivity contribution < 1.29 is 43.1 Å². The number of benzene rings is 1. The number of aliphatic carboxylic acids is 1. The SMILES string of the molecule is Nc1ccc(S(=O)(=O)Nc2ncc(O[C@@H]3O[C@H](C(=O)O)[C@@H](O)[C@H](O)[C@H]3O)cn2)cc1. The molecule has 1 aliphatic rings. The molecule has 7 N–H and O–H groups in total. The summed E-state index contributed by atoms with van der Waals surface area (Å²) in [7, 11) is -3.97. The first-order valence-electron chi connectivity index (χ1n) is 8.38. The Morgan fingerprint density at radius 2 is 1.67 bits per heavy atom. The van der Waals surface area contributed by atoms with E-state index in [1.54, 1.807) is 0 Å². The number of hydrogen-bond donors (Lipinski definition) is 6. The number of nitrogen functional groups attached to an aromatic ring is 1. The molecule has 0 saturated carbocycles. The van der Waals surface area contributed by atoms with E-state index < -0.39 is 46.7 Å². The topological polar surface area (TPSA) is 214 Å². The Labute approximate surface area is 169 Å². The van der Waals surface area contributed by atoms with E-state index in [4.69, 9.17) is 20.3 Å². The van der Waals surface area contributed by atoms with Crippen LogP contribution in [0, 0.1) is 0 Å². The van der Waals surface area contributed by atoms with E-state index in [1.807, 2.05) is 0 Å². The van der Waals surface area contributed by atoms with Gasteiger partial charge in [0, 0.05) is 5.69 Å². The van der Waals surface area contributed by atoms with Crippen LogP contribution in [-0.2, 0) is 19.6 Å². The smallest absolute Gasteiger partial charge is 0.335 e. The molecule has 0 aliphatic carbocycles. The lowest BCUT2D eigenvalue weighted by Gasteiger charge is -2.38. The molecule has 14 heteroatoms. The molecule has 1 fully saturated rings. The maximum absolute atomic E-state index is 12.3. The van der Waals surface area contributed by atoms with Gasteiger partial charge in [0.2, 0.25) is 12.2 Å². The molecule has 13 nitrogen and oxygen atoms in total. The number of carbonyl (C=O) groups is 1. The van der Waals surface area contributed by atoms with E-state index in [2.05, 4.69) is 14.7 Å². The van der Waals surface area contributed by atoms with Crippen molar-refractivity contribution in [1.82, 2.24) is 9.97 Å². The fourth-order valence-corrected chi connectivity index (χ4v) is 3.50. The second-order valence-electron chi connectivity index (χ2n) is 6.27. The third-order valence-electron chi connectivity index (χ3n) is 4.11. The summed E-state index contributed by atoms with van der Waals surface area (Å²) in [6.07, 6.45) is -6.87. The molecule has 0 spiro atoms. The third kappa shape index (κ3) is 4.58. The van der Waals surface area contributed by atoms with Gasteiger partial charge in [-0.1, -0.05) is 0 Å². The van der Waals surface area contributed by atoms with Gasteiger partial charge >= 0.3 is 5.97 Å². The van der Waals surface area contributed by atoms with E-state index in [-0.39, 0.29) is 16.6 Å². The van der Waals surface area contributed by atoms with Gasteiger partial charge in [-0.05, 0) is 24.3 Å². The number of nitrogens with zero attached hydrogens (tertiary/aromatic N) is 2. The Kier molecular flexibility index (Phi) is 6.04. The number of aromatic nitrogens is 2. The predicted molar refractivity (Wildman–Crippen MR) is 98.6 cm³/mol. The first-order chi connectivity index (χ1) is 14.1. The van der Waals surface area contributed by atoms with Gasteiger partial charge in [-0.15, -0.1) is 0 Å². The number of nitrogens with two attached hydrogens (primary N) is 1. The molecule has 1 aromatic heterocycles. The zero-order valence-corrected chi connectivity index (χ0v) is 15.9. The molecular weight excluding hydrogens is 424 g/mol. The van der Waals surface area contributed by atoms with Gasteiger partial charge in [-0.2, -0.15) is 0 Å². The minimum Gasteiger partial charge on any atom is -0.479 e. The Balaban J connectivity index is 1.70. The summed E-state index contributed by atoms with van der Waals surface area (Å²) in [5.74, 6) is -1.98. The molecule has 30 heavy (non-hydrogen) atoms. The van der Waals surface area contributed by atoms with Crippen LogP contribution in [0.3, 0.4) is 0 Å². The van der Waals surface area contributed by atoms with Gasteiger partial charge in [0.15, 0.2) is 11.9 Å². The van der Waals surface area contributed by atoms with E-state index in [9.17, 15) is 28.5 Å². The lowest BCUT2D eigenvalue weighted by atomic mass is 9.99. The van der Waals surface area contributed by atoms with E-state index in [0.717, 1.165) is 12.4 Å². The van der Waals surface area contributed by atoms with Gasteiger partial charge in [0.05, 0.1) is 17.3 Å². The molecular formula is C16H18N4O9S. The van der Waals surface area contributed by atoms with E-state index in [1.165, 1.54) is 24.3 Å². The van der Waals surface area contributed by atoms with Gasteiger partial charge in [0.1, 0.15) is 18.3 Å². The van der Waals surface area contributed by atoms with Crippen LogP contribution >= 0.6 is 0 Å². The zero-order valence-electron chi connectivity index (χ0n) is 15.1. The number of carboxylic acids is 1. The molecule has 0 unspecified atom stereocenters. The van der Waals surface area contributed by atoms with Crippen molar-refractivity contribution >= 4 is 27.6 Å². The number of nitrogens with one attached hydrogen (secondary N) is 1. The van der Waals surface area contributed by atoms with Crippen LogP contribution in [0.25, 0.3) is 0 Å². The van der Waals surface area contributed by atoms with Crippen LogP contribution < -0.4 is 15.2 Å². The summed E-state index contributed by atoms with van der Waals surface area (Å²) < 4.78 is 36.9. The average Bonchev–Trinajstić information content (AvgIpc) is 2.69. The standard InChI is InChI=1S/C16H18N4O9S/c17-7-1-3-9(4-2-7)30(26,27)20-16-18-5-8(6-19-16)28-15-12(23)10(21)11(22)13(29-15)14(24)25/h1-6,10-13,15,21-23H,17H2,(H,24,25)(H,18,19,20)/t10-,11-,12+,13-,15+/m0/s1. The second-order valence-corrected chi connectivity index (χ2v) is 7.95. The van der Waals surface area contributed by atoms with Crippen LogP contribution in [0.15, 0.2) is 41.6 Å². The highest BCUT2D eigenvalue weighted by molar-refractivity contribution is 7.92. The lowest BCUT2D eigenvalue weighted by molar-refractivity contribution is -0.271. The Hall–Kier alpha value is -3.04. The van der Waals surface area contributed by atoms with Crippen LogP contribution in [0.2, 0.25) is 0 Å². The largest absolute Gasteiger partial charge is 0.479 e. The number of sulfonamides is 1. The van der Waals surface area contributed by atoms with Crippen LogP contribution in [-0.4, -0.2) is 75.5 Å². The monoisotopic (exact) mass is 442 g/mol. The quantitative estimate of drug-likeness (QED) is 0.271. The minimum atomic E-state index is -3.97. The van der Waals surface area contributed by atoms with Crippen molar-refractivity contribution in [3.8, 4) is 5.75 Å². The van der Waals surface area contributed by atoms with Crippen molar-refractivity contribution in [1.29, 1.82) is 0 Å². The Bertz CT molecular complexity index is 1000. The number of rotatable bonds is 6. The van der Waals surface area contributed by atoms with Gasteiger partial charge in [0.25, 0.3) is 10.0 Å². The van der Waals surface area contributed by atoms with Crippen LogP contribution in [0.4, 0.5) is 11.6 Å². The number of anilines is 2. The van der Waals surface area contributed by atoms with Crippen molar-refractivity contribution in [2.24, 2.45) is 0 Å². The molecule has 1 aromatic carbocycles. The highest BCUT2D eigenvalue weighted by Gasteiger charge is 2.48. The highest BCUT2D eigenvalue weighted by atomic mass is 32.2. The Morgan fingerprint density at radius 3 is 2.23 bits per heavy atom.